The molecule has 0 aromatic carbocycles. The second kappa shape index (κ2) is 6.64. The van der Waals surface area contributed by atoms with Gasteiger partial charge in [-0.25, -0.2) is 4.98 Å². The molecule has 0 saturated carbocycles. The first-order valence-electron chi connectivity index (χ1n) is 9.89. The third-order valence-electron chi connectivity index (χ3n) is 6.29. The molecule has 27 heavy (non-hydrogen) atoms. The number of rotatable bonds is 3. The number of carbonyl (C=O) groups excluding carboxylic acids is 2. The molecule has 7 heteroatoms. The number of aromatic nitrogens is 1. The predicted octanol–water partition coefficient (Wildman–Crippen LogP) is 1.89. The smallest absolute Gasteiger partial charge is 0.270 e. The number of nitrogens with zero attached hydrogens (tertiary/aromatic N) is 3. The van der Waals surface area contributed by atoms with Crippen molar-refractivity contribution < 1.29 is 14.0 Å². The van der Waals surface area contributed by atoms with E-state index in [1.165, 1.54) is 6.26 Å². The molecule has 1 atom stereocenters. The fourth-order valence-corrected chi connectivity index (χ4v) is 4.68. The number of carbonyl (C=O) groups is 2. The van der Waals surface area contributed by atoms with Crippen LogP contribution in [0.4, 0.5) is 0 Å². The zero-order valence-electron chi connectivity index (χ0n) is 15.3. The summed E-state index contributed by atoms with van der Waals surface area (Å²) in [5, 5.41) is 3.83. The molecule has 0 radical (unpaired) electrons. The number of hydrogen-bond donors (Lipinski definition) is 1. The third kappa shape index (κ3) is 3.00. The van der Waals surface area contributed by atoms with Crippen molar-refractivity contribution in [2.24, 2.45) is 5.92 Å². The molecular weight excluding hydrogens is 344 g/mol. The molecule has 6 heterocycles. The molecule has 7 nitrogen and oxygen atoms in total. The van der Waals surface area contributed by atoms with Crippen molar-refractivity contribution in [3.63, 3.8) is 0 Å². The highest BCUT2D eigenvalue weighted by molar-refractivity contribution is 6.07. The highest BCUT2D eigenvalue weighted by atomic mass is 16.3. The second-order valence-electron chi connectivity index (χ2n) is 7.93. The first-order chi connectivity index (χ1) is 13.2. The Morgan fingerprint density at radius 3 is 2.63 bits per heavy atom. The van der Waals surface area contributed by atoms with Crippen LogP contribution in [-0.4, -0.2) is 65.4 Å². The van der Waals surface area contributed by atoms with Crippen LogP contribution in [0.15, 0.2) is 22.9 Å². The van der Waals surface area contributed by atoms with E-state index < -0.39 is 0 Å². The lowest BCUT2D eigenvalue weighted by atomic mass is 9.84. The van der Waals surface area contributed by atoms with E-state index in [1.807, 2.05) is 4.90 Å². The average Bonchev–Trinajstić information content (AvgIpc) is 3.38. The number of furan rings is 1. The van der Waals surface area contributed by atoms with E-state index in [1.54, 1.807) is 12.3 Å². The molecular formula is C20H24N4O3. The predicted molar refractivity (Wildman–Crippen MR) is 99.6 cm³/mol. The molecule has 0 aliphatic carbocycles. The Balaban J connectivity index is 1.38. The maximum atomic E-state index is 12.8. The van der Waals surface area contributed by atoms with Gasteiger partial charge in [-0.15, -0.1) is 0 Å². The van der Waals surface area contributed by atoms with E-state index in [2.05, 4.69) is 15.2 Å². The van der Waals surface area contributed by atoms with Crippen LogP contribution in [0.5, 0.6) is 0 Å². The summed E-state index contributed by atoms with van der Waals surface area (Å²) in [7, 11) is 0. The average molecular weight is 368 g/mol. The van der Waals surface area contributed by atoms with Crippen LogP contribution in [0.2, 0.25) is 0 Å². The summed E-state index contributed by atoms with van der Waals surface area (Å²) < 4.78 is 5.51. The van der Waals surface area contributed by atoms with Crippen molar-refractivity contribution in [3.8, 4) is 0 Å². The number of fused-ring (bicyclic) bond motifs is 4. The van der Waals surface area contributed by atoms with E-state index >= 15 is 0 Å². The summed E-state index contributed by atoms with van der Waals surface area (Å²) >= 11 is 0. The van der Waals surface area contributed by atoms with Gasteiger partial charge in [0.2, 0.25) is 0 Å². The largest absolute Gasteiger partial charge is 0.462 e. The lowest BCUT2D eigenvalue weighted by molar-refractivity contribution is 0.0617. The lowest BCUT2D eigenvalue weighted by Crippen LogP contribution is -2.57. The minimum absolute atomic E-state index is 0.0267. The first kappa shape index (κ1) is 16.7. The topological polar surface area (TPSA) is 78.7 Å². The van der Waals surface area contributed by atoms with Crippen LogP contribution in [0, 0.1) is 5.92 Å². The van der Waals surface area contributed by atoms with E-state index in [0.717, 1.165) is 58.4 Å². The monoisotopic (exact) mass is 368 g/mol. The van der Waals surface area contributed by atoms with Gasteiger partial charge in [0, 0.05) is 31.1 Å². The molecule has 4 fully saturated rings. The van der Waals surface area contributed by atoms with Gasteiger partial charge < -0.3 is 19.5 Å². The van der Waals surface area contributed by atoms with Gasteiger partial charge in [-0.1, -0.05) is 0 Å². The number of amides is 2. The number of likely N-dealkylation sites (tertiary alicyclic amines) is 1. The number of piperidine rings is 3. The first-order valence-corrected chi connectivity index (χ1v) is 9.89. The fourth-order valence-electron chi connectivity index (χ4n) is 4.68. The Morgan fingerprint density at radius 1 is 1.15 bits per heavy atom. The van der Waals surface area contributed by atoms with E-state index in [0.29, 0.717) is 28.1 Å². The summed E-state index contributed by atoms with van der Waals surface area (Å²) in [4.78, 5) is 34.0. The van der Waals surface area contributed by atoms with Gasteiger partial charge in [0.1, 0.15) is 12.0 Å². The Hall–Kier alpha value is -2.41. The van der Waals surface area contributed by atoms with Gasteiger partial charge in [0.05, 0.1) is 11.8 Å². The maximum Gasteiger partial charge on any atom is 0.270 e. The Kier molecular flexibility index (Phi) is 4.11. The SMILES string of the molecule is O=C(N[C@H]1CN2CCC1CC2)c1cc2c(C(=O)N3CCCC3)coc2cn1. The van der Waals surface area contributed by atoms with Gasteiger partial charge in [-0.2, -0.15) is 0 Å². The summed E-state index contributed by atoms with van der Waals surface area (Å²) in [6.07, 6.45) is 7.40. The summed E-state index contributed by atoms with van der Waals surface area (Å²) in [5.74, 6) is 0.363. The third-order valence-corrected chi connectivity index (χ3v) is 6.29. The molecule has 4 aliphatic rings. The molecule has 1 N–H and O–H groups in total. The number of pyridine rings is 1. The minimum atomic E-state index is -0.170. The van der Waals surface area contributed by atoms with Crippen LogP contribution >= 0.6 is 0 Å². The van der Waals surface area contributed by atoms with Crippen molar-refractivity contribution in [1.29, 1.82) is 0 Å². The van der Waals surface area contributed by atoms with Gasteiger partial charge in [-0.3, -0.25) is 9.59 Å². The van der Waals surface area contributed by atoms with Crippen LogP contribution in [0.25, 0.3) is 11.0 Å². The van der Waals surface area contributed by atoms with E-state index in [4.69, 9.17) is 4.42 Å². The summed E-state index contributed by atoms with van der Waals surface area (Å²) in [5.41, 5.74) is 1.40. The molecule has 2 amide bonds. The normalized spacial score (nSPS) is 27.3. The molecule has 2 bridgehead atoms. The van der Waals surface area contributed by atoms with E-state index in [9.17, 15) is 9.59 Å². The van der Waals surface area contributed by atoms with Gasteiger partial charge in [0.15, 0.2) is 5.58 Å². The van der Waals surface area contributed by atoms with Crippen LogP contribution in [0.1, 0.15) is 46.5 Å². The Morgan fingerprint density at radius 2 is 1.93 bits per heavy atom. The van der Waals surface area contributed by atoms with E-state index in [-0.39, 0.29) is 17.9 Å². The van der Waals surface area contributed by atoms with Crippen molar-refractivity contribution in [2.75, 3.05) is 32.7 Å². The van der Waals surface area contributed by atoms with Crippen LogP contribution in [0.3, 0.4) is 0 Å². The van der Waals surface area contributed by atoms with Crippen molar-refractivity contribution in [1.82, 2.24) is 20.1 Å². The minimum Gasteiger partial charge on any atom is -0.462 e. The zero-order valence-corrected chi connectivity index (χ0v) is 15.3. The van der Waals surface area contributed by atoms with Crippen LogP contribution in [-0.2, 0) is 0 Å². The molecule has 4 saturated heterocycles. The molecule has 4 aliphatic heterocycles. The number of hydrogen-bond acceptors (Lipinski definition) is 5. The molecule has 6 rings (SSSR count). The molecule has 0 spiro atoms. The van der Waals surface area contributed by atoms with Gasteiger partial charge >= 0.3 is 0 Å². The molecule has 2 aromatic heterocycles. The Labute approximate surface area is 157 Å². The maximum absolute atomic E-state index is 12.8. The van der Waals surface area contributed by atoms with Gasteiger partial charge in [-0.05, 0) is 50.8 Å². The lowest BCUT2D eigenvalue weighted by Gasteiger charge is -2.44. The molecule has 2 aromatic rings. The quantitative estimate of drug-likeness (QED) is 0.895. The molecule has 0 unspecified atom stereocenters. The van der Waals surface area contributed by atoms with Crippen LogP contribution < -0.4 is 5.32 Å². The Bertz CT molecular complexity index is 878. The second-order valence-corrected chi connectivity index (χ2v) is 7.93. The summed E-state index contributed by atoms with van der Waals surface area (Å²) in [6.45, 7) is 4.76. The molecule has 142 valence electrons. The van der Waals surface area contributed by atoms with Gasteiger partial charge in [0.25, 0.3) is 11.8 Å². The zero-order chi connectivity index (χ0) is 18.4. The highest BCUT2D eigenvalue weighted by Gasteiger charge is 2.35. The van der Waals surface area contributed by atoms with Crippen molar-refractivity contribution in [3.05, 3.63) is 29.8 Å². The fraction of sp³-hybridized carbons (Fsp3) is 0.550. The number of nitrogens with one attached hydrogen (secondary N) is 1. The highest BCUT2D eigenvalue weighted by Crippen LogP contribution is 2.28. The summed E-state index contributed by atoms with van der Waals surface area (Å²) in [6, 6.07) is 1.88. The van der Waals surface area contributed by atoms with Crippen molar-refractivity contribution >= 4 is 22.8 Å². The van der Waals surface area contributed by atoms with Crippen molar-refractivity contribution in [2.45, 2.75) is 31.7 Å². The standard InChI is InChI=1S/C20H24N4O3/c25-19(22-17-11-23-7-3-13(17)4-8-23)16-9-14-15(12-27-18(14)10-21-16)20(26)24-5-1-2-6-24/h9-10,12-13,17H,1-8,11H2,(H,22,25)/t17-/m0/s1.